The van der Waals surface area contributed by atoms with Gasteiger partial charge in [0.25, 0.3) is 5.91 Å². The first-order valence-electron chi connectivity index (χ1n) is 8.18. The molecule has 0 saturated carbocycles. The van der Waals surface area contributed by atoms with E-state index >= 15 is 0 Å². The molecule has 132 valence electrons. The Morgan fingerprint density at radius 2 is 1.81 bits per heavy atom. The zero-order valence-electron chi connectivity index (χ0n) is 14.0. The summed E-state index contributed by atoms with van der Waals surface area (Å²) in [6, 6.07) is 16.5. The number of halogens is 2. The number of nitrogens with zero attached hydrogens (tertiary/aromatic N) is 2. The monoisotopic (exact) mass is 377 g/mol. The summed E-state index contributed by atoms with van der Waals surface area (Å²) in [5, 5.41) is 4.14. The van der Waals surface area contributed by atoms with Crippen LogP contribution >= 0.6 is 11.6 Å². The van der Waals surface area contributed by atoms with Crippen molar-refractivity contribution in [2.45, 2.75) is 0 Å². The fraction of sp³-hybridized carbons (Fsp3) is 0. The molecule has 0 aliphatic rings. The fourth-order valence-corrected chi connectivity index (χ4v) is 3.01. The SMILES string of the molecule is O=C(Nc1cc(Cl)c2cccnc2c1)c1ccc(-c2ccc(F)cc2)nc1. The lowest BCUT2D eigenvalue weighted by Crippen LogP contribution is -2.12. The van der Waals surface area contributed by atoms with E-state index in [1.807, 2.05) is 6.07 Å². The van der Waals surface area contributed by atoms with Crippen LogP contribution < -0.4 is 5.32 Å². The predicted octanol–water partition coefficient (Wildman–Crippen LogP) is 5.34. The zero-order valence-corrected chi connectivity index (χ0v) is 14.7. The van der Waals surface area contributed by atoms with Crippen molar-refractivity contribution in [2.24, 2.45) is 0 Å². The second-order valence-corrected chi connectivity index (χ2v) is 6.33. The van der Waals surface area contributed by atoms with E-state index in [1.165, 1.54) is 18.3 Å². The summed E-state index contributed by atoms with van der Waals surface area (Å²) in [6.45, 7) is 0. The first-order chi connectivity index (χ1) is 13.1. The number of nitrogens with one attached hydrogen (secondary N) is 1. The standard InChI is InChI=1S/C21H13ClFN3O/c22-18-10-16(11-20-17(18)2-1-9-24-20)26-21(27)14-5-8-19(25-12-14)13-3-6-15(23)7-4-13/h1-12H,(H,26,27). The first-order valence-corrected chi connectivity index (χ1v) is 8.55. The van der Waals surface area contributed by atoms with E-state index < -0.39 is 0 Å². The number of rotatable bonds is 3. The van der Waals surface area contributed by atoms with Crippen molar-refractivity contribution in [2.75, 3.05) is 5.32 Å². The highest BCUT2D eigenvalue weighted by atomic mass is 35.5. The van der Waals surface area contributed by atoms with E-state index in [9.17, 15) is 9.18 Å². The summed E-state index contributed by atoms with van der Waals surface area (Å²) in [4.78, 5) is 21.0. The minimum Gasteiger partial charge on any atom is -0.322 e. The van der Waals surface area contributed by atoms with E-state index in [0.717, 1.165) is 10.9 Å². The highest BCUT2D eigenvalue weighted by molar-refractivity contribution is 6.35. The van der Waals surface area contributed by atoms with Crippen molar-refractivity contribution in [3.05, 3.63) is 89.5 Å². The number of carbonyl (C=O) groups is 1. The third-order valence-corrected chi connectivity index (χ3v) is 4.41. The minimum atomic E-state index is -0.307. The summed E-state index contributed by atoms with van der Waals surface area (Å²) < 4.78 is 13.0. The van der Waals surface area contributed by atoms with Crippen LogP contribution in [0.3, 0.4) is 0 Å². The maximum atomic E-state index is 13.0. The van der Waals surface area contributed by atoms with Gasteiger partial charge >= 0.3 is 0 Å². The second-order valence-electron chi connectivity index (χ2n) is 5.92. The molecule has 0 radical (unpaired) electrons. The molecule has 0 aliphatic carbocycles. The minimum absolute atomic E-state index is 0.306. The molecule has 0 bridgehead atoms. The number of pyridine rings is 2. The van der Waals surface area contributed by atoms with Gasteiger partial charge in [-0.25, -0.2) is 4.39 Å². The van der Waals surface area contributed by atoms with Crippen LogP contribution in [0.4, 0.5) is 10.1 Å². The summed E-state index contributed by atoms with van der Waals surface area (Å²) >= 11 is 6.26. The van der Waals surface area contributed by atoms with Gasteiger partial charge in [0.15, 0.2) is 0 Å². The second kappa shape index (κ2) is 7.13. The molecule has 0 spiro atoms. The molecule has 1 amide bonds. The van der Waals surface area contributed by atoms with Crippen LogP contribution in [0.25, 0.3) is 22.2 Å². The lowest BCUT2D eigenvalue weighted by molar-refractivity contribution is 0.102. The van der Waals surface area contributed by atoms with Crippen LogP contribution in [0.5, 0.6) is 0 Å². The molecular weight excluding hydrogens is 365 g/mol. The van der Waals surface area contributed by atoms with E-state index in [-0.39, 0.29) is 11.7 Å². The smallest absolute Gasteiger partial charge is 0.257 e. The predicted molar refractivity (Wildman–Crippen MR) is 104 cm³/mol. The summed E-state index contributed by atoms with van der Waals surface area (Å²) in [5.41, 5.74) is 3.09. The third-order valence-electron chi connectivity index (χ3n) is 4.09. The molecule has 4 aromatic rings. The highest BCUT2D eigenvalue weighted by Gasteiger charge is 2.10. The molecule has 2 aromatic carbocycles. The molecule has 4 rings (SSSR count). The number of benzene rings is 2. The highest BCUT2D eigenvalue weighted by Crippen LogP contribution is 2.26. The molecule has 2 heterocycles. The Bertz CT molecular complexity index is 1130. The van der Waals surface area contributed by atoms with Gasteiger partial charge in [0.05, 0.1) is 21.8 Å². The fourth-order valence-electron chi connectivity index (χ4n) is 2.73. The number of fused-ring (bicyclic) bond motifs is 1. The largest absolute Gasteiger partial charge is 0.322 e. The average Bonchev–Trinajstić information content (AvgIpc) is 2.69. The lowest BCUT2D eigenvalue weighted by atomic mass is 10.1. The molecule has 1 N–H and O–H groups in total. The maximum absolute atomic E-state index is 13.0. The van der Waals surface area contributed by atoms with Gasteiger partial charge in [-0.3, -0.25) is 14.8 Å². The van der Waals surface area contributed by atoms with Crippen molar-refractivity contribution < 1.29 is 9.18 Å². The molecule has 0 fully saturated rings. The van der Waals surface area contributed by atoms with Gasteiger partial charge in [-0.05, 0) is 60.7 Å². The zero-order chi connectivity index (χ0) is 18.8. The molecular formula is C21H13ClFN3O. The van der Waals surface area contributed by atoms with Crippen LogP contribution in [0.15, 0.2) is 73.1 Å². The molecule has 0 unspecified atom stereocenters. The van der Waals surface area contributed by atoms with Gasteiger partial charge < -0.3 is 5.32 Å². The molecule has 0 saturated heterocycles. The number of anilines is 1. The quantitative estimate of drug-likeness (QED) is 0.524. The van der Waals surface area contributed by atoms with Crippen LogP contribution in [0.2, 0.25) is 5.02 Å². The van der Waals surface area contributed by atoms with Gasteiger partial charge in [0, 0.05) is 29.0 Å². The number of hydrogen-bond donors (Lipinski definition) is 1. The Kier molecular flexibility index (Phi) is 4.52. The van der Waals surface area contributed by atoms with Gasteiger partial charge in [-0.15, -0.1) is 0 Å². The van der Waals surface area contributed by atoms with Crippen molar-refractivity contribution >= 4 is 34.1 Å². The van der Waals surface area contributed by atoms with E-state index in [1.54, 1.807) is 48.7 Å². The van der Waals surface area contributed by atoms with Crippen LogP contribution in [-0.4, -0.2) is 15.9 Å². The van der Waals surface area contributed by atoms with Crippen molar-refractivity contribution in [1.29, 1.82) is 0 Å². The molecule has 0 aliphatic heterocycles. The van der Waals surface area contributed by atoms with E-state index in [4.69, 9.17) is 11.6 Å². The molecule has 4 nitrogen and oxygen atoms in total. The Morgan fingerprint density at radius 3 is 2.56 bits per heavy atom. The Morgan fingerprint density at radius 1 is 1.00 bits per heavy atom. The Balaban J connectivity index is 1.55. The third kappa shape index (κ3) is 3.64. The van der Waals surface area contributed by atoms with Gasteiger partial charge in [-0.2, -0.15) is 0 Å². The summed E-state index contributed by atoms with van der Waals surface area (Å²) in [7, 11) is 0. The number of amides is 1. The van der Waals surface area contributed by atoms with Gasteiger partial charge in [0.1, 0.15) is 5.82 Å². The normalized spacial score (nSPS) is 10.7. The number of hydrogen-bond acceptors (Lipinski definition) is 3. The van der Waals surface area contributed by atoms with Crippen LogP contribution in [0.1, 0.15) is 10.4 Å². The van der Waals surface area contributed by atoms with Crippen LogP contribution in [-0.2, 0) is 0 Å². The van der Waals surface area contributed by atoms with Crippen molar-refractivity contribution in [3.8, 4) is 11.3 Å². The number of carbonyl (C=O) groups excluding carboxylic acids is 1. The average molecular weight is 378 g/mol. The molecule has 27 heavy (non-hydrogen) atoms. The molecule has 0 atom stereocenters. The summed E-state index contributed by atoms with van der Waals surface area (Å²) in [5.74, 6) is -0.613. The first kappa shape index (κ1) is 17.1. The lowest BCUT2D eigenvalue weighted by Gasteiger charge is -2.08. The Labute approximate surface area is 159 Å². The molecule has 6 heteroatoms. The van der Waals surface area contributed by atoms with Crippen molar-refractivity contribution in [1.82, 2.24) is 9.97 Å². The summed E-state index contributed by atoms with van der Waals surface area (Å²) in [6.07, 6.45) is 3.15. The molecule has 2 aromatic heterocycles. The Hall–Kier alpha value is -3.31. The van der Waals surface area contributed by atoms with E-state index in [2.05, 4.69) is 15.3 Å². The maximum Gasteiger partial charge on any atom is 0.257 e. The topological polar surface area (TPSA) is 54.9 Å². The van der Waals surface area contributed by atoms with Gasteiger partial charge in [0.2, 0.25) is 0 Å². The van der Waals surface area contributed by atoms with Crippen LogP contribution in [0, 0.1) is 5.82 Å². The van der Waals surface area contributed by atoms with Gasteiger partial charge in [-0.1, -0.05) is 11.6 Å². The van der Waals surface area contributed by atoms with E-state index in [0.29, 0.717) is 27.5 Å². The van der Waals surface area contributed by atoms with Crippen molar-refractivity contribution in [3.63, 3.8) is 0 Å². The number of aromatic nitrogens is 2.